The van der Waals surface area contributed by atoms with Crippen molar-refractivity contribution in [1.82, 2.24) is 10.3 Å². The molecule has 17 heavy (non-hydrogen) atoms. The number of carbonyl (C=O) groups excluding carboxylic acids is 1. The average molecular weight is 260 g/mol. The van der Waals surface area contributed by atoms with Crippen LogP contribution in [0.3, 0.4) is 0 Å². The molecule has 4 nitrogen and oxygen atoms in total. The van der Waals surface area contributed by atoms with Crippen LogP contribution in [0, 0.1) is 6.92 Å². The maximum atomic E-state index is 12.0. The van der Waals surface area contributed by atoms with Crippen LogP contribution in [-0.4, -0.2) is 23.0 Å². The first kappa shape index (κ1) is 16.0. The van der Waals surface area contributed by atoms with Crippen molar-refractivity contribution in [3.8, 4) is 0 Å². The molecule has 0 spiro atoms. The molecule has 1 aromatic rings. The Labute approximate surface area is 109 Å². The molecule has 1 aromatic heterocycles. The summed E-state index contributed by atoms with van der Waals surface area (Å²) in [4.78, 5) is 15.0. The highest BCUT2D eigenvalue weighted by Gasteiger charge is 2.27. The van der Waals surface area contributed by atoms with Crippen molar-refractivity contribution in [3.05, 3.63) is 23.5 Å². The molecule has 98 valence electrons. The Morgan fingerprint density at radius 3 is 2.41 bits per heavy atom. The van der Waals surface area contributed by atoms with Crippen LogP contribution in [0.25, 0.3) is 0 Å². The second kappa shape index (κ2) is 6.67. The van der Waals surface area contributed by atoms with E-state index in [0.717, 1.165) is 18.5 Å². The van der Waals surface area contributed by atoms with Gasteiger partial charge in [-0.05, 0) is 25.8 Å². The molecule has 0 saturated heterocycles. The summed E-state index contributed by atoms with van der Waals surface area (Å²) in [5.41, 5.74) is 7.05. The number of aromatic amines is 1. The highest BCUT2D eigenvalue weighted by atomic mass is 35.5. The molecule has 0 atom stereocenters. The summed E-state index contributed by atoms with van der Waals surface area (Å²) in [7, 11) is 0. The van der Waals surface area contributed by atoms with Gasteiger partial charge in [0.25, 0.3) is 5.91 Å². The largest absolute Gasteiger partial charge is 0.365 e. The standard InChI is InChI=1S/C12H21N3O.ClH/c1-4-12(5-2,8-13)15-11(16)10-6-7-14-9(10)3;/h6-7,14H,4-5,8,13H2,1-3H3,(H,15,16);1H. The third-order valence-electron chi connectivity index (χ3n) is 3.32. The fourth-order valence-corrected chi connectivity index (χ4v) is 1.77. The van der Waals surface area contributed by atoms with E-state index in [1.54, 1.807) is 12.3 Å². The second-order valence-electron chi connectivity index (χ2n) is 4.16. The molecule has 0 unspecified atom stereocenters. The van der Waals surface area contributed by atoms with Gasteiger partial charge in [0.15, 0.2) is 0 Å². The van der Waals surface area contributed by atoms with Gasteiger partial charge in [0.1, 0.15) is 0 Å². The fraction of sp³-hybridized carbons (Fsp3) is 0.583. The lowest BCUT2D eigenvalue weighted by Crippen LogP contribution is -2.52. The molecule has 0 saturated carbocycles. The molecule has 4 N–H and O–H groups in total. The Morgan fingerprint density at radius 1 is 1.47 bits per heavy atom. The monoisotopic (exact) mass is 259 g/mol. The van der Waals surface area contributed by atoms with E-state index in [1.807, 2.05) is 20.8 Å². The van der Waals surface area contributed by atoms with Gasteiger partial charge in [-0.15, -0.1) is 12.4 Å². The quantitative estimate of drug-likeness (QED) is 0.757. The summed E-state index contributed by atoms with van der Waals surface area (Å²) in [6, 6.07) is 1.79. The molecule has 0 aromatic carbocycles. The minimum Gasteiger partial charge on any atom is -0.365 e. The number of hydrogen-bond acceptors (Lipinski definition) is 2. The third kappa shape index (κ3) is 3.48. The number of nitrogens with two attached hydrogens (primary N) is 1. The first-order valence-electron chi connectivity index (χ1n) is 5.75. The van der Waals surface area contributed by atoms with E-state index in [9.17, 15) is 4.79 Å². The molecule has 1 rings (SSSR count). The van der Waals surface area contributed by atoms with Crippen LogP contribution in [0.1, 0.15) is 42.7 Å². The van der Waals surface area contributed by atoms with Crippen LogP contribution in [-0.2, 0) is 0 Å². The lowest BCUT2D eigenvalue weighted by atomic mass is 9.92. The van der Waals surface area contributed by atoms with E-state index < -0.39 is 0 Å². The molecule has 0 bridgehead atoms. The van der Waals surface area contributed by atoms with E-state index >= 15 is 0 Å². The number of halogens is 1. The molecular formula is C12H22ClN3O. The SMILES string of the molecule is CCC(CC)(CN)NC(=O)c1cc[nH]c1C.Cl. The number of aryl methyl sites for hydroxylation is 1. The summed E-state index contributed by atoms with van der Waals surface area (Å²) in [6.07, 6.45) is 3.46. The molecule has 0 aliphatic heterocycles. The third-order valence-corrected chi connectivity index (χ3v) is 3.32. The van der Waals surface area contributed by atoms with Crippen LogP contribution in [0.15, 0.2) is 12.3 Å². The van der Waals surface area contributed by atoms with Crippen LogP contribution in [0.4, 0.5) is 0 Å². The van der Waals surface area contributed by atoms with Gasteiger partial charge < -0.3 is 16.0 Å². The van der Waals surface area contributed by atoms with Gasteiger partial charge in [0, 0.05) is 18.4 Å². The first-order chi connectivity index (χ1) is 7.58. The number of hydrogen-bond donors (Lipinski definition) is 3. The summed E-state index contributed by atoms with van der Waals surface area (Å²) < 4.78 is 0. The minimum absolute atomic E-state index is 0. The zero-order valence-electron chi connectivity index (χ0n) is 10.7. The number of H-pyrrole nitrogens is 1. The van der Waals surface area contributed by atoms with E-state index in [1.165, 1.54) is 0 Å². The summed E-state index contributed by atoms with van der Waals surface area (Å²) in [6.45, 7) is 6.44. The predicted octanol–water partition coefficient (Wildman–Crippen LogP) is 1.99. The zero-order chi connectivity index (χ0) is 12.2. The molecule has 1 amide bonds. The maximum Gasteiger partial charge on any atom is 0.253 e. The summed E-state index contributed by atoms with van der Waals surface area (Å²) >= 11 is 0. The van der Waals surface area contributed by atoms with Crippen molar-refractivity contribution >= 4 is 18.3 Å². The smallest absolute Gasteiger partial charge is 0.253 e. The number of nitrogens with one attached hydrogen (secondary N) is 2. The first-order valence-corrected chi connectivity index (χ1v) is 5.75. The van der Waals surface area contributed by atoms with Crippen molar-refractivity contribution in [2.75, 3.05) is 6.54 Å². The Kier molecular flexibility index (Phi) is 6.27. The summed E-state index contributed by atoms with van der Waals surface area (Å²) in [5, 5.41) is 3.04. The van der Waals surface area contributed by atoms with Gasteiger partial charge in [-0.2, -0.15) is 0 Å². The van der Waals surface area contributed by atoms with E-state index in [2.05, 4.69) is 10.3 Å². The number of rotatable bonds is 5. The number of amides is 1. The fourth-order valence-electron chi connectivity index (χ4n) is 1.77. The predicted molar refractivity (Wildman–Crippen MR) is 72.6 cm³/mol. The van der Waals surface area contributed by atoms with Gasteiger partial charge in [0.2, 0.25) is 0 Å². The summed E-state index contributed by atoms with van der Waals surface area (Å²) in [5.74, 6) is -0.0482. The van der Waals surface area contributed by atoms with Crippen LogP contribution in [0.5, 0.6) is 0 Å². The van der Waals surface area contributed by atoms with E-state index in [4.69, 9.17) is 5.73 Å². The lowest BCUT2D eigenvalue weighted by molar-refractivity contribution is 0.0895. The highest BCUT2D eigenvalue weighted by molar-refractivity contribution is 5.95. The number of carbonyl (C=O) groups is 1. The Balaban J connectivity index is 0.00000256. The van der Waals surface area contributed by atoms with Crippen molar-refractivity contribution in [3.63, 3.8) is 0 Å². The number of aromatic nitrogens is 1. The Hall–Kier alpha value is -1.00. The van der Waals surface area contributed by atoms with Gasteiger partial charge in [-0.3, -0.25) is 4.79 Å². The molecule has 0 aliphatic rings. The second-order valence-corrected chi connectivity index (χ2v) is 4.16. The van der Waals surface area contributed by atoms with Crippen molar-refractivity contribution in [1.29, 1.82) is 0 Å². The van der Waals surface area contributed by atoms with Crippen LogP contribution in [0.2, 0.25) is 0 Å². The molecule has 0 aliphatic carbocycles. The molecule has 0 radical (unpaired) electrons. The van der Waals surface area contributed by atoms with Gasteiger partial charge in [0.05, 0.1) is 11.1 Å². The van der Waals surface area contributed by atoms with Gasteiger partial charge in [-0.1, -0.05) is 13.8 Å². The average Bonchev–Trinajstić information content (AvgIpc) is 2.72. The molecule has 1 heterocycles. The van der Waals surface area contributed by atoms with Crippen molar-refractivity contribution in [2.45, 2.75) is 39.2 Å². The maximum absolute atomic E-state index is 12.0. The van der Waals surface area contributed by atoms with Crippen molar-refractivity contribution < 1.29 is 4.79 Å². The topological polar surface area (TPSA) is 70.9 Å². The van der Waals surface area contributed by atoms with Crippen molar-refractivity contribution in [2.24, 2.45) is 5.73 Å². The molecule has 5 heteroatoms. The highest BCUT2D eigenvalue weighted by Crippen LogP contribution is 2.15. The van der Waals surface area contributed by atoms with E-state index in [0.29, 0.717) is 12.1 Å². The minimum atomic E-state index is -0.277. The zero-order valence-corrected chi connectivity index (χ0v) is 11.5. The molecular weight excluding hydrogens is 238 g/mol. The van der Waals surface area contributed by atoms with Crippen LogP contribution >= 0.6 is 12.4 Å². The Bertz CT molecular complexity index is 350. The Morgan fingerprint density at radius 2 is 2.06 bits per heavy atom. The lowest BCUT2D eigenvalue weighted by Gasteiger charge is -2.31. The van der Waals surface area contributed by atoms with Crippen LogP contribution < -0.4 is 11.1 Å². The van der Waals surface area contributed by atoms with E-state index in [-0.39, 0.29) is 23.9 Å². The normalized spacial score (nSPS) is 10.8. The van der Waals surface area contributed by atoms with Gasteiger partial charge in [-0.25, -0.2) is 0 Å². The molecule has 0 fully saturated rings. The van der Waals surface area contributed by atoms with Gasteiger partial charge >= 0.3 is 0 Å².